The number of benzene rings is 1. The van der Waals surface area contributed by atoms with E-state index in [1.807, 2.05) is 0 Å². The van der Waals surface area contributed by atoms with Crippen LogP contribution in [0.15, 0.2) is 18.2 Å². The number of carbonyl (C=O) groups is 1. The largest absolute Gasteiger partial charge is 0.416 e. The zero-order valence-corrected chi connectivity index (χ0v) is 10.8. The van der Waals surface area contributed by atoms with Crippen LogP contribution >= 0.6 is 0 Å². The molecule has 3 nitrogen and oxygen atoms in total. The molecule has 0 radical (unpaired) electrons. The molecule has 7 heteroatoms. The highest BCUT2D eigenvalue weighted by Gasteiger charge is 2.34. The van der Waals surface area contributed by atoms with Gasteiger partial charge >= 0.3 is 6.18 Å². The maximum atomic E-state index is 13.8. The summed E-state index contributed by atoms with van der Waals surface area (Å²) in [4.78, 5) is 13.2. The average Bonchev–Trinajstić information content (AvgIpc) is 2.38. The number of hydrogen-bond acceptors (Lipinski definition) is 2. The minimum absolute atomic E-state index is 0.218. The number of halogens is 4. The molecule has 20 heavy (non-hydrogen) atoms. The molecule has 1 aliphatic heterocycles. The van der Waals surface area contributed by atoms with Crippen molar-refractivity contribution in [3.63, 3.8) is 0 Å². The van der Waals surface area contributed by atoms with Gasteiger partial charge in [-0.1, -0.05) is 0 Å². The lowest BCUT2D eigenvalue weighted by atomic mass is 10.0. The van der Waals surface area contributed by atoms with E-state index in [2.05, 4.69) is 5.32 Å². The van der Waals surface area contributed by atoms with Crippen LogP contribution in [0.5, 0.6) is 0 Å². The number of piperidine rings is 1. The van der Waals surface area contributed by atoms with Crippen molar-refractivity contribution >= 4 is 11.6 Å². The zero-order valence-electron chi connectivity index (χ0n) is 10.8. The third-order valence-electron chi connectivity index (χ3n) is 3.35. The predicted octanol–water partition coefficient (Wildman–Crippen LogP) is 2.56. The molecule has 1 amide bonds. The van der Waals surface area contributed by atoms with Crippen LogP contribution in [0.25, 0.3) is 0 Å². The Labute approximate surface area is 113 Å². The molecule has 1 N–H and O–H groups in total. The Morgan fingerprint density at radius 1 is 1.35 bits per heavy atom. The Hall–Kier alpha value is -1.63. The summed E-state index contributed by atoms with van der Waals surface area (Å²) in [6.07, 6.45) is -3.37. The van der Waals surface area contributed by atoms with Crippen LogP contribution in [0.4, 0.5) is 23.2 Å². The van der Waals surface area contributed by atoms with Gasteiger partial charge in [-0.2, -0.15) is 13.2 Å². The highest BCUT2D eigenvalue weighted by molar-refractivity contribution is 5.98. The number of anilines is 1. The number of hydrogen-bond donors (Lipinski definition) is 1. The minimum atomic E-state index is -4.57. The number of carbonyl (C=O) groups excluding carboxylic acids is 1. The van der Waals surface area contributed by atoms with E-state index in [0.29, 0.717) is 25.0 Å². The first-order valence-electron chi connectivity index (χ1n) is 6.20. The van der Waals surface area contributed by atoms with E-state index in [1.165, 1.54) is 0 Å². The van der Waals surface area contributed by atoms with Gasteiger partial charge in [-0.05, 0) is 38.1 Å². The second kappa shape index (κ2) is 5.40. The van der Waals surface area contributed by atoms with E-state index < -0.39 is 29.5 Å². The molecule has 110 valence electrons. The summed E-state index contributed by atoms with van der Waals surface area (Å²) in [6, 6.07) is 1.61. The molecule has 0 saturated carbocycles. The van der Waals surface area contributed by atoms with Gasteiger partial charge in [0.15, 0.2) is 0 Å². The van der Waals surface area contributed by atoms with Crippen LogP contribution in [0.2, 0.25) is 0 Å². The van der Waals surface area contributed by atoms with E-state index in [1.54, 1.807) is 7.05 Å². The van der Waals surface area contributed by atoms with Crippen LogP contribution in [-0.4, -0.2) is 25.5 Å². The van der Waals surface area contributed by atoms with Gasteiger partial charge in [0, 0.05) is 6.54 Å². The van der Waals surface area contributed by atoms with Crippen LogP contribution in [-0.2, 0) is 11.0 Å². The van der Waals surface area contributed by atoms with Crippen LogP contribution in [0.1, 0.15) is 18.4 Å². The van der Waals surface area contributed by atoms with Crippen LogP contribution < -0.4 is 10.2 Å². The number of rotatable bonds is 2. The molecule has 0 aliphatic carbocycles. The Morgan fingerprint density at radius 3 is 2.65 bits per heavy atom. The summed E-state index contributed by atoms with van der Waals surface area (Å²) < 4.78 is 51.8. The summed E-state index contributed by atoms with van der Waals surface area (Å²) in [5.41, 5.74) is -1.28. The molecule has 0 spiro atoms. The molecule has 1 saturated heterocycles. The lowest BCUT2D eigenvalue weighted by Crippen LogP contribution is -2.50. The molecule has 1 aromatic rings. The smallest absolute Gasteiger partial charge is 0.309 e. The van der Waals surface area contributed by atoms with Gasteiger partial charge in [0.2, 0.25) is 5.91 Å². The molecular formula is C13H14F4N2O. The van der Waals surface area contributed by atoms with Crippen molar-refractivity contribution in [1.82, 2.24) is 5.32 Å². The van der Waals surface area contributed by atoms with Gasteiger partial charge < -0.3 is 10.2 Å². The second-order valence-corrected chi connectivity index (χ2v) is 4.64. The Balaban J connectivity index is 2.38. The van der Waals surface area contributed by atoms with E-state index in [-0.39, 0.29) is 12.2 Å². The molecule has 0 bridgehead atoms. The summed E-state index contributed by atoms with van der Waals surface area (Å²) >= 11 is 0. The van der Waals surface area contributed by atoms with Crippen molar-refractivity contribution in [3.8, 4) is 0 Å². The van der Waals surface area contributed by atoms with Crippen molar-refractivity contribution in [2.45, 2.75) is 25.1 Å². The molecule has 1 heterocycles. The Morgan fingerprint density at radius 2 is 2.05 bits per heavy atom. The summed E-state index contributed by atoms with van der Waals surface area (Å²) in [7, 11) is 1.59. The fourth-order valence-corrected chi connectivity index (χ4v) is 2.28. The van der Waals surface area contributed by atoms with Crippen LogP contribution in [0.3, 0.4) is 0 Å². The minimum Gasteiger partial charge on any atom is -0.309 e. The topological polar surface area (TPSA) is 32.3 Å². The zero-order chi connectivity index (χ0) is 14.9. The van der Waals surface area contributed by atoms with Crippen molar-refractivity contribution in [2.24, 2.45) is 0 Å². The van der Waals surface area contributed by atoms with Gasteiger partial charge in [-0.3, -0.25) is 4.79 Å². The van der Waals surface area contributed by atoms with E-state index in [0.717, 1.165) is 11.0 Å². The van der Waals surface area contributed by atoms with Crippen LogP contribution in [0, 0.1) is 5.82 Å². The lowest BCUT2D eigenvalue weighted by Gasteiger charge is -2.32. The number of alkyl halides is 3. The number of amides is 1. The maximum Gasteiger partial charge on any atom is 0.416 e. The van der Waals surface area contributed by atoms with Gasteiger partial charge in [0.25, 0.3) is 0 Å². The van der Waals surface area contributed by atoms with Gasteiger partial charge in [-0.25, -0.2) is 4.39 Å². The highest BCUT2D eigenvalue weighted by Crippen LogP contribution is 2.34. The maximum absolute atomic E-state index is 13.8. The third-order valence-corrected chi connectivity index (χ3v) is 3.35. The van der Waals surface area contributed by atoms with Crippen molar-refractivity contribution < 1.29 is 22.4 Å². The Bertz CT molecular complexity index is 516. The van der Waals surface area contributed by atoms with Gasteiger partial charge in [0.05, 0.1) is 17.3 Å². The third kappa shape index (κ3) is 2.77. The quantitative estimate of drug-likeness (QED) is 0.849. The van der Waals surface area contributed by atoms with E-state index >= 15 is 0 Å². The predicted molar refractivity (Wildman–Crippen MR) is 65.8 cm³/mol. The molecular weight excluding hydrogens is 276 g/mol. The number of likely N-dealkylation sites (N-methyl/N-ethyl adjacent to an activating group) is 1. The molecule has 0 aromatic heterocycles. The summed E-state index contributed by atoms with van der Waals surface area (Å²) in [5, 5.41) is 2.78. The first kappa shape index (κ1) is 14.8. The monoisotopic (exact) mass is 290 g/mol. The van der Waals surface area contributed by atoms with E-state index in [9.17, 15) is 22.4 Å². The van der Waals surface area contributed by atoms with Gasteiger partial charge in [0.1, 0.15) is 5.82 Å². The average molecular weight is 290 g/mol. The Kier molecular flexibility index (Phi) is 3.99. The molecule has 1 unspecified atom stereocenters. The van der Waals surface area contributed by atoms with E-state index in [4.69, 9.17) is 0 Å². The normalized spacial score (nSPS) is 20.4. The van der Waals surface area contributed by atoms with Crippen molar-refractivity contribution in [1.29, 1.82) is 0 Å². The van der Waals surface area contributed by atoms with Crippen molar-refractivity contribution in [2.75, 3.05) is 18.5 Å². The SMILES string of the molecule is CNC1CCCN(c2cc(C(F)(F)F)ccc2F)C1=O. The fraction of sp³-hybridized carbons (Fsp3) is 0.462. The number of nitrogens with one attached hydrogen (secondary N) is 1. The molecule has 2 rings (SSSR count). The summed E-state index contributed by atoms with van der Waals surface area (Å²) in [6.45, 7) is 0.218. The highest BCUT2D eigenvalue weighted by atomic mass is 19.4. The molecule has 1 aliphatic rings. The summed E-state index contributed by atoms with van der Waals surface area (Å²) in [5.74, 6) is -1.24. The first-order valence-corrected chi connectivity index (χ1v) is 6.20. The molecule has 1 aromatic carbocycles. The van der Waals surface area contributed by atoms with Gasteiger partial charge in [-0.15, -0.1) is 0 Å². The number of nitrogens with zero attached hydrogens (tertiary/aromatic N) is 1. The first-order chi connectivity index (χ1) is 9.34. The molecule has 1 atom stereocenters. The second-order valence-electron chi connectivity index (χ2n) is 4.64. The standard InChI is InChI=1S/C13H14F4N2O/c1-18-10-3-2-6-19(12(10)20)11-7-8(13(15,16)17)4-5-9(11)14/h4-5,7,10,18H,2-3,6H2,1H3. The van der Waals surface area contributed by atoms with Crippen molar-refractivity contribution in [3.05, 3.63) is 29.6 Å². The lowest BCUT2D eigenvalue weighted by molar-refractivity contribution is -0.137. The molecule has 1 fully saturated rings. The fourth-order valence-electron chi connectivity index (χ4n) is 2.28.